The quantitative estimate of drug-likeness (QED) is 0.817. The van der Waals surface area contributed by atoms with Gasteiger partial charge in [0.05, 0.1) is 12.3 Å². The smallest absolute Gasteiger partial charge is 0.119 e. The number of ether oxygens (including phenoxy) is 1. The van der Waals surface area contributed by atoms with Gasteiger partial charge in [0, 0.05) is 18.2 Å². The number of rotatable bonds is 5. The molecule has 0 aliphatic heterocycles. The highest BCUT2D eigenvalue weighted by Gasteiger charge is 2.09. The zero-order valence-electron chi connectivity index (χ0n) is 13.1. The summed E-state index contributed by atoms with van der Waals surface area (Å²) in [6.45, 7) is 10.5. The highest BCUT2D eigenvalue weighted by atomic mass is 16.5. The Labute approximate surface area is 121 Å². The van der Waals surface area contributed by atoms with Gasteiger partial charge < -0.3 is 4.74 Å². The maximum Gasteiger partial charge on any atom is 0.119 e. The van der Waals surface area contributed by atoms with Crippen LogP contribution in [0, 0.1) is 6.92 Å². The van der Waals surface area contributed by atoms with Crippen LogP contribution in [-0.2, 0) is 6.42 Å². The molecular formula is C17H24N2O. The van der Waals surface area contributed by atoms with Gasteiger partial charge in [-0.3, -0.25) is 4.68 Å². The van der Waals surface area contributed by atoms with Crippen LogP contribution in [0.25, 0.3) is 0 Å². The van der Waals surface area contributed by atoms with Gasteiger partial charge in [0.2, 0.25) is 0 Å². The molecule has 0 N–H and O–H groups in total. The van der Waals surface area contributed by atoms with Crippen molar-refractivity contribution >= 4 is 0 Å². The molecule has 3 heteroatoms. The molecule has 2 aromatic rings. The molecule has 0 saturated carbocycles. The van der Waals surface area contributed by atoms with Gasteiger partial charge in [0.1, 0.15) is 5.75 Å². The fourth-order valence-corrected chi connectivity index (χ4v) is 2.33. The first kappa shape index (κ1) is 14.6. The molecule has 108 valence electrons. The Kier molecular flexibility index (Phi) is 4.48. The molecule has 0 atom stereocenters. The average Bonchev–Trinajstić information content (AvgIpc) is 2.73. The van der Waals surface area contributed by atoms with E-state index in [0.717, 1.165) is 12.2 Å². The lowest BCUT2D eigenvalue weighted by molar-refractivity contribution is 0.242. The summed E-state index contributed by atoms with van der Waals surface area (Å²) in [6, 6.07) is 8.74. The standard InChI is InChI=1S/C17H24N2O/c1-12(2)19-14(5)16(11-18-19)10-15-6-8-17(9-7-15)20-13(3)4/h6-9,11-13H,10H2,1-5H3. The molecule has 0 aliphatic carbocycles. The maximum absolute atomic E-state index is 5.66. The number of aromatic nitrogens is 2. The van der Waals surface area contributed by atoms with Crippen LogP contribution in [0.4, 0.5) is 0 Å². The molecule has 0 amide bonds. The molecule has 0 bridgehead atoms. The average molecular weight is 272 g/mol. The lowest BCUT2D eigenvalue weighted by atomic mass is 10.1. The van der Waals surface area contributed by atoms with E-state index in [-0.39, 0.29) is 6.10 Å². The van der Waals surface area contributed by atoms with E-state index in [4.69, 9.17) is 4.74 Å². The third kappa shape index (κ3) is 3.41. The molecule has 3 nitrogen and oxygen atoms in total. The van der Waals surface area contributed by atoms with Crippen LogP contribution in [-0.4, -0.2) is 15.9 Å². The summed E-state index contributed by atoms with van der Waals surface area (Å²) >= 11 is 0. The van der Waals surface area contributed by atoms with Gasteiger partial charge in [-0.1, -0.05) is 12.1 Å². The number of benzene rings is 1. The van der Waals surface area contributed by atoms with Gasteiger partial charge in [-0.05, 0) is 57.9 Å². The van der Waals surface area contributed by atoms with E-state index in [1.807, 2.05) is 32.2 Å². The lowest BCUT2D eigenvalue weighted by Crippen LogP contribution is -2.05. The van der Waals surface area contributed by atoms with E-state index in [0.29, 0.717) is 6.04 Å². The van der Waals surface area contributed by atoms with E-state index < -0.39 is 0 Å². The van der Waals surface area contributed by atoms with Crippen LogP contribution in [0.1, 0.15) is 50.6 Å². The minimum Gasteiger partial charge on any atom is -0.491 e. The highest BCUT2D eigenvalue weighted by Crippen LogP contribution is 2.19. The van der Waals surface area contributed by atoms with Gasteiger partial charge in [-0.15, -0.1) is 0 Å². The molecule has 0 aliphatic rings. The number of nitrogens with zero attached hydrogens (tertiary/aromatic N) is 2. The van der Waals surface area contributed by atoms with Gasteiger partial charge in [0.25, 0.3) is 0 Å². The summed E-state index contributed by atoms with van der Waals surface area (Å²) in [6.07, 6.45) is 3.11. The van der Waals surface area contributed by atoms with Crippen molar-refractivity contribution in [1.29, 1.82) is 0 Å². The fourth-order valence-electron chi connectivity index (χ4n) is 2.33. The molecular weight excluding hydrogens is 248 g/mol. The SMILES string of the molecule is Cc1c(Cc2ccc(OC(C)C)cc2)cnn1C(C)C. The largest absolute Gasteiger partial charge is 0.491 e. The molecule has 0 saturated heterocycles. The van der Waals surface area contributed by atoms with Gasteiger partial charge in [-0.25, -0.2) is 0 Å². The number of hydrogen-bond donors (Lipinski definition) is 0. The van der Waals surface area contributed by atoms with Crippen molar-refractivity contribution in [2.75, 3.05) is 0 Å². The van der Waals surface area contributed by atoms with Gasteiger partial charge in [0.15, 0.2) is 0 Å². The summed E-state index contributed by atoms with van der Waals surface area (Å²) < 4.78 is 7.74. The lowest BCUT2D eigenvalue weighted by Gasteiger charge is -2.10. The molecule has 0 spiro atoms. The molecule has 0 radical (unpaired) electrons. The molecule has 1 aromatic carbocycles. The first-order valence-corrected chi connectivity index (χ1v) is 7.26. The van der Waals surface area contributed by atoms with Crippen LogP contribution in [0.15, 0.2) is 30.5 Å². The zero-order valence-corrected chi connectivity index (χ0v) is 13.1. The Hall–Kier alpha value is -1.77. The molecule has 20 heavy (non-hydrogen) atoms. The van der Waals surface area contributed by atoms with Crippen molar-refractivity contribution in [1.82, 2.24) is 9.78 Å². The van der Waals surface area contributed by atoms with E-state index in [1.54, 1.807) is 0 Å². The fraction of sp³-hybridized carbons (Fsp3) is 0.471. The third-order valence-corrected chi connectivity index (χ3v) is 3.33. The summed E-state index contributed by atoms with van der Waals surface area (Å²) in [5, 5.41) is 4.46. The Balaban J connectivity index is 2.10. The first-order valence-electron chi connectivity index (χ1n) is 7.26. The Morgan fingerprint density at radius 2 is 1.75 bits per heavy atom. The van der Waals surface area contributed by atoms with Crippen molar-refractivity contribution < 1.29 is 4.74 Å². The zero-order chi connectivity index (χ0) is 14.7. The van der Waals surface area contributed by atoms with Crippen molar-refractivity contribution in [3.63, 3.8) is 0 Å². The van der Waals surface area contributed by atoms with E-state index in [2.05, 4.69) is 42.7 Å². The summed E-state index contributed by atoms with van der Waals surface area (Å²) in [7, 11) is 0. The second-order valence-corrected chi connectivity index (χ2v) is 5.78. The second-order valence-electron chi connectivity index (χ2n) is 5.78. The Morgan fingerprint density at radius 1 is 1.10 bits per heavy atom. The van der Waals surface area contributed by atoms with E-state index in [1.165, 1.54) is 16.8 Å². The van der Waals surface area contributed by atoms with Crippen LogP contribution >= 0.6 is 0 Å². The summed E-state index contributed by atoms with van der Waals surface area (Å²) in [5.74, 6) is 0.929. The molecule has 1 heterocycles. The minimum absolute atomic E-state index is 0.215. The van der Waals surface area contributed by atoms with Crippen molar-refractivity contribution in [2.45, 2.75) is 53.2 Å². The van der Waals surface area contributed by atoms with Crippen LogP contribution in [0.5, 0.6) is 5.75 Å². The van der Waals surface area contributed by atoms with Crippen LogP contribution in [0.3, 0.4) is 0 Å². The van der Waals surface area contributed by atoms with Crippen LogP contribution in [0.2, 0.25) is 0 Å². The van der Waals surface area contributed by atoms with Crippen molar-refractivity contribution in [3.8, 4) is 5.75 Å². The van der Waals surface area contributed by atoms with E-state index >= 15 is 0 Å². The minimum atomic E-state index is 0.215. The third-order valence-electron chi connectivity index (χ3n) is 3.33. The number of hydrogen-bond acceptors (Lipinski definition) is 2. The Morgan fingerprint density at radius 3 is 2.25 bits per heavy atom. The first-order chi connectivity index (χ1) is 9.47. The molecule has 0 unspecified atom stereocenters. The molecule has 1 aromatic heterocycles. The van der Waals surface area contributed by atoms with Crippen LogP contribution < -0.4 is 4.74 Å². The van der Waals surface area contributed by atoms with Gasteiger partial charge in [-0.2, -0.15) is 5.10 Å². The normalized spacial score (nSPS) is 11.3. The van der Waals surface area contributed by atoms with Crippen molar-refractivity contribution in [2.24, 2.45) is 0 Å². The Bertz CT molecular complexity index is 553. The summed E-state index contributed by atoms with van der Waals surface area (Å²) in [5.41, 5.74) is 3.83. The monoisotopic (exact) mass is 272 g/mol. The summed E-state index contributed by atoms with van der Waals surface area (Å²) in [4.78, 5) is 0. The molecule has 0 fully saturated rings. The second kappa shape index (κ2) is 6.12. The maximum atomic E-state index is 5.66. The molecule has 2 rings (SSSR count). The predicted octanol–water partition coefficient (Wildman–Crippen LogP) is 4.15. The van der Waals surface area contributed by atoms with E-state index in [9.17, 15) is 0 Å². The van der Waals surface area contributed by atoms with Gasteiger partial charge >= 0.3 is 0 Å². The van der Waals surface area contributed by atoms with Crippen molar-refractivity contribution in [3.05, 3.63) is 47.3 Å². The highest BCUT2D eigenvalue weighted by molar-refractivity contribution is 5.32. The predicted molar refractivity (Wildman–Crippen MR) is 82.4 cm³/mol. The topological polar surface area (TPSA) is 27.1 Å².